The summed E-state index contributed by atoms with van der Waals surface area (Å²) in [6.07, 6.45) is 6.01. The van der Waals surface area contributed by atoms with E-state index in [0.717, 1.165) is 6.42 Å². The lowest BCUT2D eigenvalue weighted by Crippen LogP contribution is -2.46. The molecule has 0 aromatic rings. The number of primary amides is 1. The lowest BCUT2D eigenvalue weighted by Gasteiger charge is -2.28. The Morgan fingerprint density at radius 3 is 2.26 bits per heavy atom. The third kappa shape index (κ3) is 6.99. The zero-order valence-electron chi connectivity index (χ0n) is 12.8. The first-order valence-corrected chi connectivity index (χ1v) is 6.95. The fraction of sp³-hybridized carbons (Fsp3) is 0.733. The van der Waals surface area contributed by atoms with Crippen LogP contribution in [0.15, 0.2) is 12.2 Å². The van der Waals surface area contributed by atoms with Crippen molar-refractivity contribution in [2.24, 2.45) is 17.6 Å². The van der Waals surface area contributed by atoms with Gasteiger partial charge in [-0.15, -0.1) is 0 Å². The van der Waals surface area contributed by atoms with E-state index in [1.807, 2.05) is 26.8 Å². The van der Waals surface area contributed by atoms with Crippen molar-refractivity contribution >= 4 is 11.8 Å². The van der Waals surface area contributed by atoms with Gasteiger partial charge >= 0.3 is 0 Å². The van der Waals surface area contributed by atoms with Crippen LogP contribution in [0.5, 0.6) is 0 Å². The van der Waals surface area contributed by atoms with Crippen molar-refractivity contribution in [3.63, 3.8) is 0 Å². The number of carbonyl (C=O) groups excluding carboxylic acids is 2. The molecule has 4 nitrogen and oxygen atoms in total. The van der Waals surface area contributed by atoms with Crippen LogP contribution >= 0.6 is 0 Å². The molecule has 0 spiro atoms. The van der Waals surface area contributed by atoms with Crippen LogP contribution in [0.2, 0.25) is 0 Å². The van der Waals surface area contributed by atoms with Gasteiger partial charge in [0.1, 0.15) is 6.04 Å². The molecule has 0 rings (SSSR count). The molecular formula is C15H28N2O2. The van der Waals surface area contributed by atoms with E-state index in [1.54, 1.807) is 7.05 Å². The molecule has 0 radical (unpaired) electrons. The Labute approximate surface area is 117 Å². The molecule has 0 fully saturated rings. The third-order valence-corrected chi connectivity index (χ3v) is 3.17. The quantitative estimate of drug-likeness (QED) is 0.687. The highest BCUT2D eigenvalue weighted by Gasteiger charge is 2.26. The minimum Gasteiger partial charge on any atom is -0.368 e. The van der Waals surface area contributed by atoms with Gasteiger partial charge in [0, 0.05) is 13.5 Å². The second-order valence-electron chi connectivity index (χ2n) is 5.67. The molecule has 0 aliphatic rings. The first kappa shape index (κ1) is 17.7. The first-order chi connectivity index (χ1) is 8.79. The van der Waals surface area contributed by atoms with Gasteiger partial charge in [-0.2, -0.15) is 0 Å². The maximum absolute atomic E-state index is 12.0. The lowest BCUT2D eigenvalue weighted by molar-refractivity contribution is -0.138. The SMILES string of the molecule is C/C=C/C[C@@H](C)CC(C(N)=O)N(C)C(=O)CC(C)C. The maximum atomic E-state index is 12.0. The van der Waals surface area contributed by atoms with Crippen molar-refractivity contribution in [3.05, 3.63) is 12.2 Å². The number of nitrogens with zero attached hydrogens (tertiary/aromatic N) is 1. The van der Waals surface area contributed by atoms with E-state index in [0.29, 0.717) is 18.8 Å². The predicted molar refractivity (Wildman–Crippen MR) is 78.4 cm³/mol. The predicted octanol–water partition coefficient (Wildman–Crippen LogP) is 2.34. The Balaban J connectivity index is 4.63. The van der Waals surface area contributed by atoms with Gasteiger partial charge in [0.25, 0.3) is 0 Å². The van der Waals surface area contributed by atoms with Crippen molar-refractivity contribution in [3.8, 4) is 0 Å². The van der Waals surface area contributed by atoms with E-state index in [1.165, 1.54) is 4.90 Å². The molecule has 2 N–H and O–H groups in total. The normalized spacial score (nSPS) is 14.6. The molecule has 0 saturated heterocycles. The number of hydrogen-bond acceptors (Lipinski definition) is 2. The average Bonchev–Trinajstić information content (AvgIpc) is 2.31. The largest absolute Gasteiger partial charge is 0.368 e. The van der Waals surface area contributed by atoms with Crippen molar-refractivity contribution in [1.82, 2.24) is 4.90 Å². The van der Waals surface area contributed by atoms with E-state index in [-0.39, 0.29) is 11.8 Å². The van der Waals surface area contributed by atoms with Crippen molar-refractivity contribution < 1.29 is 9.59 Å². The Hall–Kier alpha value is -1.32. The van der Waals surface area contributed by atoms with E-state index >= 15 is 0 Å². The van der Waals surface area contributed by atoms with Crippen molar-refractivity contribution in [1.29, 1.82) is 0 Å². The van der Waals surface area contributed by atoms with Gasteiger partial charge in [-0.3, -0.25) is 9.59 Å². The van der Waals surface area contributed by atoms with E-state index in [2.05, 4.69) is 13.0 Å². The summed E-state index contributed by atoms with van der Waals surface area (Å²) in [6.45, 7) is 8.01. The number of rotatable bonds is 8. The molecule has 110 valence electrons. The highest BCUT2D eigenvalue weighted by molar-refractivity contribution is 5.86. The molecule has 2 amide bonds. The van der Waals surface area contributed by atoms with Crippen LogP contribution in [0, 0.1) is 11.8 Å². The van der Waals surface area contributed by atoms with Crippen molar-refractivity contribution in [2.75, 3.05) is 7.05 Å². The standard InChI is InChI=1S/C15H28N2O2/c1-6-7-8-12(4)10-13(15(16)19)17(5)14(18)9-11(2)3/h6-7,11-13H,8-10H2,1-5H3,(H2,16,19)/b7-6+/t12-,13?/m1/s1. The van der Waals surface area contributed by atoms with Crippen LogP contribution in [0.3, 0.4) is 0 Å². The molecule has 2 atom stereocenters. The summed E-state index contributed by atoms with van der Waals surface area (Å²) < 4.78 is 0. The van der Waals surface area contributed by atoms with Gasteiger partial charge in [0.05, 0.1) is 0 Å². The molecule has 0 bridgehead atoms. The number of hydrogen-bond donors (Lipinski definition) is 1. The fourth-order valence-corrected chi connectivity index (χ4v) is 1.98. The number of amides is 2. The Bertz CT molecular complexity index is 324. The number of allylic oxidation sites excluding steroid dienone is 2. The second-order valence-corrected chi connectivity index (χ2v) is 5.67. The molecule has 0 aromatic heterocycles. The highest BCUT2D eigenvalue weighted by atomic mass is 16.2. The Morgan fingerprint density at radius 2 is 1.84 bits per heavy atom. The maximum Gasteiger partial charge on any atom is 0.240 e. The zero-order valence-corrected chi connectivity index (χ0v) is 12.8. The summed E-state index contributed by atoms with van der Waals surface area (Å²) >= 11 is 0. The summed E-state index contributed by atoms with van der Waals surface area (Å²) in [5, 5.41) is 0. The first-order valence-electron chi connectivity index (χ1n) is 6.95. The second kappa shape index (κ2) is 8.73. The van der Waals surface area contributed by atoms with E-state index < -0.39 is 11.9 Å². The summed E-state index contributed by atoms with van der Waals surface area (Å²) in [7, 11) is 1.67. The molecule has 1 unspecified atom stereocenters. The van der Waals surface area contributed by atoms with Gasteiger partial charge in [-0.1, -0.05) is 32.9 Å². The monoisotopic (exact) mass is 268 g/mol. The van der Waals surface area contributed by atoms with Crippen LogP contribution in [0.1, 0.15) is 47.0 Å². The molecule has 0 aliphatic carbocycles. The van der Waals surface area contributed by atoms with Crippen LogP contribution in [-0.2, 0) is 9.59 Å². The van der Waals surface area contributed by atoms with Crippen LogP contribution < -0.4 is 5.73 Å². The van der Waals surface area contributed by atoms with Crippen molar-refractivity contribution in [2.45, 2.75) is 53.0 Å². The van der Waals surface area contributed by atoms with E-state index in [4.69, 9.17) is 5.73 Å². The summed E-state index contributed by atoms with van der Waals surface area (Å²) in [6, 6.07) is -0.508. The molecule has 0 saturated carbocycles. The average molecular weight is 268 g/mol. The molecule has 4 heteroatoms. The topological polar surface area (TPSA) is 63.4 Å². The van der Waals surface area contributed by atoms with Gasteiger partial charge in [0.15, 0.2) is 0 Å². The van der Waals surface area contributed by atoms with E-state index in [9.17, 15) is 9.59 Å². The Morgan fingerprint density at radius 1 is 1.26 bits per heavy atom. The van der Waals surface area contributed by atoms with Gasteiger partial charge < -0.3 is 10.6 Å². The smallest absolute Gasteiger partial charge is 0.240 e. The minimum atomic E-state index is -0.508. The van der Waals surface area contributed by atoms with Crippen LogP contribution in [0.25, 0.3) is 0 Å². The number of nitrogens with two attached hydrogens (primary N) is 1. The molecule has 0 heterocycles. The lowest BCUT2D eigenvalue weighted by atomic mass is 9.96. The van der Waals surface area contributed by atoms with Gasteiger partial charge in [0.2, 0.25) is 11.8 Å². The zero-order chi connectivity index (χ0) is 15.0. The van der Waals surface area contributed by atoms with Crippen LogP contribution in [0.4, 0.5) is 0 Å². The van der Waals surface area contributed by atoms with Crippen LogP contribution in [-0.4, -0.2) is 29.8 Å². The molecule has 0 aliphatic heterocycles. The third-order valence-electron chi connectivity index (χ3n) is 3.17. The Kier molecular flexibility index (Phi) is 8.12. The summed E-state index contributed by atoms with van der Waals surface area (Å²) in [5.41, 5.74) is 5.43. The molecule has 19 heavy (non-hydrogen) atoms. The molecule has 0 aromatic carbocycles. The number of carbonyl (C=O) groups is 2. The van der Waals surface area contributed by atoms with Gasteiger partial charge in [-0.25, -0.2) is 0 Å². The number of likely N-dealkylation sites (N-methyl/N-ethyl adjacent to an activating group) is 1. The van der Waals surface area contributed by atoms with Gasteiger partial charge in [-0.05, 0) is 31.6 Å². The summed E-state index contributed by atoms with van der Waals surface area (Å²) in [4.78, 5) is 25.1. The highest BCUT2D eigenvalue weighted by Crippen LogP contribution is 2.16. The molecular weight excluding hydrogens is 240 g/mol. The fourth-order valence-electron chi connectivity index (χ4n) is 1.98. The minimum absolute atomic E-state index is 0.0166. The summed E-state index contributed by atoms with van der Waals surface area (Å²) in [5.74, 6) is 0.163.